The van der Waals surface area contributed by atoms with E-state index in [0.29, 0.717) is 18.4 Å². The Morgan fingerprint density at radius 1 is 0.714 bits per heavy atom. The molecule has 1 aromatic carbocycles. The Labute approximate surface area is 328 Å². The maximum absolute atomic E-state index is 13.8. The van der Waals surface area contributed by atoms with Crippen molar-refractivity contribution in [1.29, 1.82) is 0 Å². The van der Waals surface area contributed by atoms with Crippen LogP contribution in [0.15, 0.2) is 41.3 Å². The van der Waals surface area contributed by atoms with Crippen molar-refractivity contribution < 1.29 is 52.1 Å². The fraction of sp³-hybridized carbons (Fsp3) is 0.625. The average molecular weight is 739 g/mol. The van der Waals surface area contributed by atoms with Crippen LogP contribution in [0.4, 0.5) is 0 Å². The van der Waals surface area contributed by atoms with Gasteiger partial charge < -0.3 is 9.29 Å². The molecule has 0 radical (unpaired) electrons. The molecule has 1 unspecified atom stereocenters. The minimum absolute atomic E-state index is 0. The summed E-state index contributed by atoms with van der Waals surface area (Å²) in [5.41, 5.74) is 1.74. The second kappa shape index (κ2) is 24.3. The van der Waals surface area contributed by atoms with Gasteiger partial charge in [-0.3, -0.25) is 4.79 Å². The molecule has 9 heteroatoms. The van der Waals surface area contributed by atoms with E-state index < -0.39 is 16.0 Å². The third-order valence-electron chi connectivity index (χ3n) is 9.24. The molecule has 3 rings (SSSR count). The zero-order valence-electron chi connectivity index (χ0n) is 30.9. The van der Waals surface area contributed by atoms with E-state index in [1.165, 1.54) is 111 Å². The van der Waals surface area contributed by atoms with E-state index in [9.17, 15) is 17.8 Å². The molecule has 1 atom stereocenters. The van der Waals surface area contributed by atoms with Crippen molar-refractivity contribution in [2.75, 3.05) is 0 Å². The first kappa shape index (κ1) is 44.2. The molecule has 268 valence electrons. The van der Waals surface area contributed by atoms with Gasteiger partial charge in [-0.1, -0.05) is 110 Å². The zero-order chi connectivity index (χ0) is 34.8. The Hall–Kier alpha value is -1.000. The van der Waals surface area contributed by atoms with E-state index in [0.717, 1.165) is 41.9 Å². The second-order valence-corrected chi connectivity index (χ2v) is 17.5. The molecule has 0 N–H and O–H groups in total. The summed E-state index contributed by atoms with van der Waals surface area (Å²) in [6, 6.07) is 10.7. The summed E-state index contributed by atoms with van der Waals surface area (Å²) in [5.74, 6) is -0.537. The molecule has 0 saturated heterocycles. The van der Waals surface area contributed by atoms with Crippen LogP contribution >= 0.6 is 22.7 Å². The first-order valence-corrected chi connectivity index (χ1v) is 21.6. The first-order valence-electron chi connectivity index (χ1n) is 18.6. The van der Waals surface area contributed by atoms with E-state index in [-0.39, 0.29) is 46.2 Å². The molecular formula is C40H59NaO5S3. The number of esters is 1. The number of carbonyl (C=O) groups is 1. The predicted octanol–water partition coefficient (Wildman–Crippen LogP) is 9.02. The molecule has 3 aromatic rings. The van der Waals surface area contributed by atoms with Gasteiger partial charge in [0.05, 0.1) is 10.8 Å². The SMILES string of the molecule is CCCCCCCCCCCCCCCc1cc(OC(=O)C(Cc2ccc(C)s2)c2cc(CCCCCC)c(C)s2)ccc1S(=O)(=O)[O-].[Na+]. The Balaban J connectivity index is 0.00000833. The van der Waals surface area contributed by atoms with Crippen molar-refractivity contribution in [2.45, 2.75) is 167 Å². The van der Waals surface area contributed by atoms with Gasteiger partial charge in [0.15, 0.2) is 0 Å². The quantitative estimate of drug-likeness (QED) is 0.0285. The minimum atomic E-state index is -4.65. The number of thiophene rings is 2. The van der Waals surface area contributed by atoms with Gasteiger partial charge in [-0.15, -0.1) is 22.7 Å². The number of hydrogen-bond donors (Lipinski definition) is 0. The van der Waals surface area contributed by atoms with Crippen LogP contribution < -0.4 is 34.3 Å². The van der Waals surface area contributed by atoms with Gasteiger partial charge in [0.2, 0.25) is 0 Å². The molecule has 2 aromatic heterocycles. The van der Waals surface area contributed by atoms with Crippen LogP contribution in [0.3, 0.4) is 0 Å². The van der Waals surface area contributed by atoms with E-state index >= 15 is 0 Å². The normalized spacial score (nSPS) is 12.2. The second-order valence-electron chi connectivity index (χ2n) is 13.4. The van der Waals surface area contributed by atoms with Crippen molar-refractivity contribution in [2.24, 2.45) is 0 Å². The summed E-state index contributed by atoms with van der Waals surface area (Å²) >= 11 is 3.36. The molecule has 0 amide bonds. The van der Waals surface area contributed by atoms with E-state index in [2.05, 4.69) is 45.9 Å². The van der Waals surface area contributed by atoms with Gasteiger partial charge in [0.25, 0.3) is 0 Å². The molecule has 0 aliphatic rings. The van der Waals surface area contributed by atoms with Crippen molar-refractivity contribution in [3.8, 4) is 5.75 Å². The van der Waals surface area contributed by atoms with Crippen LogP contribution in [0.25, 0.3) is 0 Å². The van der Waals surface area contributed by atoms with E-state index in [1.54, 1.807) is 28.7 Å². The summed E-state index contributed by atoms with van der Waals surface area (Å²) < 4.78 is 42.3. The third-order valence-corrected chi connectivity index (χ3v) is 12.4. The number of carbonyl (C=O) groups excluding carboxylic acids is 1. The predicted molar refractivity (Wildman–Crippen MR) is 202 cm³/mol. The van der Waals surface area contributed by atoms with E-state index in [4.69, 9.17) is 4.74 Å². The molecule has 0 aliphatic carbocycles. The molecule has 2 heterocycles. The summed E-state index contributed by atoms with van der Waals surface area (Å²) in [6.07, 6.45) is 22.7. The number of unbranched alkanes of at least 4 members (excludes halogenated alkanes) is 15. The van der Waals surface area contributed by atoms with E-state index in [1.807, 2.05) is 0 Å². The maximum atomic E-state index is 13.8. The number of aryl methyl sites for hydroxylation is 4. The Morgan fingerprint density at radius 2 is 1.24 bits per heavy atom. The largest absolute Gasteiger partial charge is 1.00 e. The summed E-state index contributed by atoms with van der Waals surface area (Å²) in [5, 5.41) is 0. The monoisotopic (exact) mass is 738 g/mol. The molecule has 0 fully saturated rings. The van der Waals surface area contributed by atoms with Gasteiger partial charge in [0, 0.05) is 19.5 Å². The molecule has 0 aliphatic heterocycles. The first-order chi connectivity index (χ1) is 23.1. The van der Waals surface area contributed by atoms with Gasteiger partial charge in [-0.05, 0) is 93.5 Å². The van der Waals surface area contributed by atoms with Gasteiger partial charge in [-0.25, -0.2) is 8.42 Å². The number of rotatable bonds is 25. The van der Waals surface area contributed by atoms with Gasteiger partial charge in [-0.2, -0.15) is 0 Å². The molecule has 0 saturated carbocycles. The van der Waals surface area contributed by atoms with Crippen molar-refractivity contribution in [1.82, 2.24) is 0 Å². The molecule has 0 spiro atoms. The minimum Gasteiger partial charge on any atom is -0.744 e. The Kier molecular flexibility index (Phi) is 21.9. The molecule has 5 nitrogen and oxygen atoms in total. The van der Waals surface area contributed by atoms with Gasteiger partial charge >= 0.3 is 35.5 Å². The summed E-state index contributed by atoms with van der Waals surface area (Å²) in [6.45, 7) is 8.66. The molecule has 0 bridgehead atoms. The van der Waals surface area contributed by atoms with Gasteiger partial charge in [0.1, 0.15) is 15.9 Å². The topological polar surface area (TPSA) is 83.5 Å². The van der Waals surface area contributed by atoms with Crippen LogP contribution in [0.2, 0.25) is 0 Å². The smallest absolute Gasteiger partial charge is 0.744 e. The van der Waals surface area contributed by atoms with Crippen LogP contribution in [0.1, 0.15) is 160 Å². The van der Waals surface area contributed by atoms with Crippen LogP contribution in [0, 0.1) is 13.8 Å². The third kappa shape index (κ3) is 16.5. The van der Waals surface area contributed by atoms with Crippen LogP contribution in [-0.4, -0.2) is 18.9 Å². The van der Waals surface area contributed by atoms with Crippen molar-refractivity contribution in [3.63, 3.8) is 0 Å². The standard InChI is InChI=1S/C40H60O5S3.Na/c1-5-7-9-11-12-13-14-15-16-17-18-19-21-23-34-28-35(25-27-39(34)48(42,43)44)45-40(41)37(30-36-26-24-31(3)46-36)38-29-33(32(4)47-38)22-20-10-8-6-2;/h24-29,37H,5-23,30H2,1-4H3,(H,42,43,44);/q;+1/p-1. The fourth-order valence-electron chi connectivity index (χ4n) is 6.38. The summed E-state index contributed by atoms with van der Waals surface area (Å²) in [4.78, 5) is 18.2. The van der Waals surface area contributed by atoms with Crippen molar-refractivity contribution in [3.05, 3.63) is 67.0 Å². The Morgan fingerprint density at radius 3 is 1.78 bits per heavy atom. The number of hydrogen-bond acceptors (Lipinski definition) is 7. The molecular weight excluding hydrogens is 680 g/mol. The number of benzene rings is 1. The number of ether oxygens (including phenoxy) is 1. The maximum Gasteiger partial charge on any atom is 1.00 e. The van der Waals surface area contributed by atoms with Crippen LogP contribution in [-0.2, 0) is 34.2 Å². The van der Waals surface area contributed by atoms with Crippen molar-refractivity contribution >= 4 is 38.8 Å². The Bertz CT molecular complexity index is 1480. The van der Waals surface area contributed by atoms with Crippen LogP contribution in [0.5, 0.6) is 5.75 Å². The average Bonchev–Trinajstić information content (AvgIpc) is 3.63. The molecule has 49 heavy (non-hydrogen) atoms. The zero-order valence-corrected chi connectivity index (χ0v) is 35.4. The summed E-state index contributed by atoms with van der Waals surface area (Å²) in [7, 11) is -4.65. The fourth-order valence-corrected chi connectivity index (χ4v) is 9.20.